The molecule has 0 heterocycles. The lowest BCUT2D eigenvalue weighted by atomic mass is 9.68. The summed E-state index contributed by atoms with van der Waals surface area (Å²) in [7, 11) is 0. The van der Waals surface area contributed by atoms with Crippen molar-refractivity contribution in [1.29, 1.82) is 0 Å². The van der Waals surface area contributed by atoms with Crippen LogP contribution in [0.4, 0.5) is 22.0 Å². The maximum atomic E-state index is 15.1. The average molecular weight is 507 g/mol. The molecule has 1 nitrogen and oxygen atoms in total. The number of ether oxygens (including phenoxy) is 1. The van der Waals surface area contributed by atoms with E-state index in [2.05, 4.69) is 6.08 Å². The van der Waals surface area contributed by atoms with Gasteiger partial charge in [-0.15, -0.1) is 0 Å². The molecule has 0 unspecified atom stereocenters. The van der Waals surface area contributed by atoms with Crippen LogP contribution in [0.1, 0.15) is 76.2 Å². The minimum absolute atomic E-state index is 0.0771. The molecule has 4 rings (SSSR count). The van der Waals surface area contributed by atoms with Gasteiger partial charge in [-0.3, -0.25) is 4.39 Å². The van der Waals surface area contributed by atoms with Crippen molar-refractivity contribution in [1.82, 2.24) is 0 Å². The zero-order valence-electron chi connectivity index (χ0n) is 20.8. The van der Waals surface area contributed by atoms with E-state index in [-0.39, 0.29) is 36.1 Å². The van der Waals surface area contributed by atoms with Crippen molar-refractivity contribution in [2.24, 2.45) is 17.8 Å². The first-order valence-electron chi connectivity index (χ1n) is 13.3. The minimum Gasteiger partial charge on any atom is -0.491 e. The molecule has 0 aromatic heterocycles. The van der Waals surface area contributed by atoms with Gasteiger partial charge < -0.3 is 4.74 Å². The Bertz CT molecular complexity index is 1050. The van der Waals surface area contributed by atoms with E-state index in [1.54, 1.807) is 6.92 Å². The average Bonchev–Trinajstić information content (AvgIpc) is 2.90. The summed E-state index contributed by atoms with van der Waals surface area (Å²) >= 11 is 0. The van der Waals surface area contributed by atoms with Crippen LogP contribution in [0, 0.1) is 41.0 Å². The second kappa shape index (κ2) is 12.2. The quantitative estimate of drug-likeness (QED) is 0.256. The van der Waals surface area contributed by atoms with E-state index in [0.717, 1.165) is 38.5 Å². The lowest BCUT2D eigenvalue weighted by molar-refractivity contribution is 0.170. The van der Waals surface area contributed by atoms with Crippen molar-refractivity contribution in [2.45, 2.75) is 70.6 Å². The highest BCUT2D eigenvalue weighted by molar-refractivity contribution is 5.66. The Morgan fingerprint density at radius 2 is 1.33 bits per heavy atom. The van der Waals surface area contributed by atoms with Crippen molar-refractivity contribution in [3.05, 3.63) is 65.2 Å². The third-order valence-corrected chi connectivity index (χ3v) is 8.13. The molecule has 0 amide bonds. The highest BCUT2D eigenvalue weighted by Crippen LogP contribution is 2.45. The van der Waals surface area contributed by atoms with Crippen molar-refractivity contribution < 1.29 is 26.7 Å². The summed E-state index contributed by atoms with van der Waals surface area (Å²) in [5.41, 5.74) is -0.289. The highest BCUT2D eigenvalue weighted by Gasteiger charge is 2.32. The third kappa shape index (κ3) is 5.78. The molecule has 0 N–H and O–H groups in total. The summed E-state index contributed by atoms with van der Waals surface area (Å²) in [6, 6.07) is 5.34. The number of hydrogen-bond acceptors (Lipinski definition) is 1. The predicted octanol–water partition coefficient (Wildman–Crippen LogP) is 9.30. The van der Waals surface area contributed by atoms with Gasteiger partial charge in [-0.2, -0.15) is 4.39 Å². The molecule has 2 aliphatic carbocycles. The molecule has 6 heteroatoms. The van der Waals surface area contributed by atoms with Crippen LogP contribution in [0.15, 0.2) is 36.4 Å². The van der Waals surface area contributed by atoms with E-state index in [0.29, 0.717) is 29.7 Å². The molecule has 196 valence electrons. The molecule has 2 aromatic rings. The fraction of sp³-hybridized carbons (Fsp3) is 0.533. The van der Waals surface area contributed by atoms with Gasteiger partial charge in [-0.05, 0) is 106 Å². The fourth-order valence-corrected chi connectivity index (χ4v) is 6.16. The van der Waals surface area contributed by atoms with Gasteiger partial charge in [-0.25, -0.2) is 13.2 Å². The standard InChI is InChI=1S/C30H35F5O/c1-2-36-26-17-16-25(29(34)30(26)35)24-15-14-23(27(32)28(24)33)22-12-10-21(11-13-22)20-8-6-19(7-9-20)5-3-4-18-31/h3,5,14-17,19-22H,2,4,6-13,18H2,1H3. The zero-order chi connectivity index (χ0) is 25.7. The van der Waals surface area contributed by atoms with Gasteiger partial charge in [-0.1, -0.05) is 24.3 Å². The van der Waals surface area contributed by atoms with Crippen LogP contribution in [0.3, 0.4) is 0 Å². The summed E-state index contributed by atoms with van der Waals surface area (Å²) in [6.07, 6.45) is 12.8. The predicted molar refractivity (Wildman–Crippen MR) is 133 cm³/mol. The zero-order valence-corrected chi connectivity index (χ0v) is 20.8. The number of halogens is 5. The molecule has 2 aromatic carbocycles. The second-order valence-corrected chi connectivity index (χ2v) is 10.2. The number of benzene rings is 2. The first kappa shape index (κ1) is 26.7. The lowest BCUT2D eigenvalue weighted by Crippen LogP contribution is -2.25. The Hall–Kier alpha value is -2.37. The summed E-state index contributed by atoms with van der Waals surface area (Å²) in [5, 5.41) is 0. The van der Waals surface area contributed by atoms with Gasteiger partial charge in [0.1, 0.15) is 0 Å². The van der Waals surface area contributed by atoms with E-state index >= 15 is 8.78 Å². The molecule has 0 saturated heterocycles. The Morgan fingerprint density at radius 3 is 1.94 bits per heavy atom. The van der Waals surface area contributed by atoms with Gasteiger partial charge in [0.2, 0.25) is 5.82 Å². The fourth-order valence-electron chi connectivity index (χ4n) is 6.16. The Labute approximate surface area is 210 Å². The Morgan fingerprint density at radius 1 is 0.750 bits per heavy atom. The SMILES string of the molecule is CCOc1ccc(-c2ccc(C3CCC(C4CCC(C=CCCF)CC4)CC3)c(F)c2F)c(F)c1F. The lowest BCUT2D eigenvalue weighted by Gasteiger charge is -2.37. The van der Waals surface area contributed by atoms with Crippen molar-refractivity contribution in [2.75, 3.05) is 13.3 Å². The molecule has 0 radical (unpaired) electrons. The molecule has 0 aliphatic heterocycles. The van der Waals surface area contributed by atoms with Crippen LogP contribution in [-0.2, 0) is 0 Å². The number of alkyl halides is 1. The van der Waals surface area contributed by atoms with E-state index in [4.69, 9.17) is 4.74 Å². The summed E-state index contributed by atoms with van der Waals surface area (Å²) < 4.78 is 76.4. The van der Waals surface area contributed by atoms with E-state index in [1.165, 1.54) is 37.1 Å². The molecule has 2 saturated carbocycles. The van der Waals surface area contributed by atoms with Gasteiger partial charge in [0.05, 0.1) is 13.3 Å². The molecule has 0 bridgehead atoms. The molecule has 36 heavy (non-hydrogen) atoms. The van der Waals surface area contributed by atoms with Crippen LogP contribution in [-0.4, -0.2) is 13.3 Å². The summed E-state index contributed by atoms with van der Waals surface area (Å²) in [4.78, 5) is 0. The Balaban J connectivity index is 1.39. The molecular formula is C30H35F5O. The largest absolute Gasteiger partial charge is 0.491 e. The number of rotatable bonds is 8. The first-order chi connectivity index (χ1) is 17.4. The maximum absolute atomic E-state index is 15.1. The van der Waals surface area contributed by atoms with Crippen LogP contribution in [0.2, 0.25) is 0 Å². The minimum atomic E-state index is -1.25. The first-order valence-corrected chi connectivity index (χ1v) is 13.3. The Kier molecular flexibility index (Phi) is 9.08. The monoisotopic (exact) mass is 506 g/mol. The van der Waals surface area contributed by atoms with E-state index < -0.39 is 23.3 Å². The van der Waals surface area contributed by atoms with E-state index in [1.807, 2.05) is 6.08 Å². The smallest absolute Gasteiger partial charge is 0.201 e. The van der Waals surface area contributed by atoms with E-state index in [9.17, 15) is 13.2 Å². The summed E-state index contributed by atoms with van der Waals surface area (Å²) in [5.74, 6) is -3.08. The molecular weight excluding hydrogens is 471 g/mol. The molecule has 2 aliphatic rings. The van der Waals surface area contributed by atoms with Gasteiger partial charge in [0.15, 0.2) is 23.2 Å². The van der Waals surface area contributed by atoms with Crippen LogP contribution >= 0.6 is 0 Å². The molecule has 0 spiro atoms. The third-order valence-electron chi connectivity index (χ3n) is 8.13. The van der Waals surface area contributed by atoms with Crippen LogP contribution in [0.5, 0.6) is 5.75 Å². The van der Waals surface area contributed by atoms with Crippen LogP contribution < -0.4 is 4.74 Å². The van der Waals surface area contributed by atoms with Crippen LogP contribution in [0.25, 0.3) is 11.1 Å². The highest BCUT2D eigenvalue weighted by atomic mass is 19.2. The molecule has 0 atom stereocenters. The van der Waals surface area contributed by atoms with Crippen molar-refractivity contribution in [3.63, 3.8) is 0 Å². The van der Waals surface area contributed by atoms with Crippen molar-refractivity contribution in [3.8, 4) is 16.9 Å². The maximum Gasteiger partial charge on any atom is 0.201 e. The topological polar surface area (TPSA) is 9.23 Å². The van der Waals surface area contributed by atoms with Gasteiger partial charge in [0, 0.05) is 11.1 Å². The number of allylic oxidation sites excluding steroid dienone is 2. The second-order valence-electron chi connectivity index (χ2n) is 10.2. The number of hydrogen-bond donors (Lipinski definition) is 0. The normalized spacial score (nSPS) is 24.8. The summed E-state index contributed by atoms with van der Waals surface area (Å²) in [6.45, 7) is 1.50. The van der Waals surface area contributed by atoms with Crippen molar-refractivity contribution >= 4 is 0 Å². The van der Waals surface area contributed by atoms with Gasteiger partial charge in [0.25, 0.3) is 0 Å². The molecule has 2 fully saturated rings. The van der Waals surface area contributed by atoms with Gasteiger partial charge >= 0.3 is 0 Å².